The molecule has 0 spiro atoms. The van der Waals surface area contributed by atoms with Crippen molar-refractivity contribution in [1.29, 1.82) is 0 Å². The molecular weight excluding hydrogens is 224 g/mol. The highest BCUT2D eigenvalue weighted by Crippen LogP contribution is 2.08. The van der Waals surface area contributed by atoms with Gasteiger partial charge in [0, 0.05) is 6.54 Å². The van der Waals surface area contributed by atoms with Crippen LogP contribution in [0.15, 0.2) is 0 Å². The summed E-state index contributed by atoms with van der Waals surface area (Å²) >= 11 is 0. The number of carbonyl (C=O) groups is 2. The Balaban J connectivity index is 0.000000171. The zero-order chi connectivity index (χ0) is 12.7. The van der Waals surface area contributed by atoms with Crippen molar-refractivity contribution in [3.63, 3.8) is 0 Å². The van der Waals surface area contributed by atoms with E-state index in [1.807, 2.05) is 0 Å². The van der Waals surface area contributed by atoms with Crippen molar-refractivity contribution in [3.05, 3.63) is 0 Å². The summed E-state index contributed by atoms with van der Waals surface area (Å²) in [5.41, 5.74) is 0. The van der Waals surface area contributed by atoms with E-state index in [0.29, 0.717) is 6.54 Å². The van der Waals surface area contributed by atoms with E-state index < -0.39 is 11.9 Å². The van der Waals surface area contributed by atoms with Crippen LogP contribution in [0.1, 0.15) is 25.7 Å². The highest BCUT2D eigenvalue weighted by atomic mass is 16.4. The predicted molar refractivity (Wildman–Crippen MR) is 61.9 cm³/mol. The highest BCUT2D eigenvalue weighted by molar-refractivity contribution is 5.73. The van der Waals surface area contributed by atoms with Crippen LogP contribution in [0.25, 0.3) is 0 Å². The van der Waals surface area contributed by atoms with Crippen molar-refractivity contribution < 1.29 is 19.8 Å². The summed E-state index contributed by atoms with van der Waals surface area (Å²) in [5, 5.41) is 22.7. The smallest absolute Gasteiger partial charge is 0.320 e. The summed E-state index contributed by atoms with van der Waals surface area (Å²) in [5.74, 6) is -1.52. The molecule has 0 aliphatic carbocycles. The van der Waals surface area contributed by atoms with Gasteiger partial charge in [0.25, 0.3) is 0 Å². The first-order valence-electron chi connectivity index (χ1n) is 6.01. The van der Waals surface area contributed by atoms with Gasteiger partial charge in [-0.2, -0.15) is 0 Å². The van der Waals surface area contributed by atoms with Crippen LogP contribution in [0.5, 0.6) is 0 Å². The largest absolute Gasteiger partial charge is 0.481 e. The van der Waals surface area contributed by atoms with Crippen LogP contribution in [-0.4, -0.2) is 47.8 Å². The molecule has 0 aromatic heterocycles. The summed E-state index contributed by atoms with van der Waals surface area (Å²) < 4.78 is 0. The van der Waals surface area contributed by atoms with Crippen LogP contribution < -0.4 is 10.6 Å². The topological polar surface area (TPSA) is 98.7 Å². The zero-order valence-corrected chi connectivity index (χ0v) is 9.82. The van der Waals surface area contributed by atoms with Crippen LogP contribution in [0.3, 0.4) is 0 Å². The number of carboxylic acids is 2. The third-order valence-corrected chi connectivity index (χ3v) is 3.00. The van der Waals surface area contributed by atoms with Gasteiger partial charge in [0.2, 0.25) is 0 Å². The number of carboxylic acid groups (broad SMARTS) is 2. The molecule has 0 bridgehead atoms. The van der Waals surface area contributed by atoms with E-state index in [-0.39, 0.29) is 12.0 Å². The first-order chi connectivity index (χ1) is 8.11. The van der Waals surface area contributed by atoms with E-state index in [2.05, 4.69) is 10.6 Å². The number of piperidine rings is 1. The van der Waals surface area contributed by atoms with Crippen molar-refractivity contribution in [2.45, 2.75) is 31.7 Å². The molecule has 6 heteroatoms. The van der Waals surface area contributed by atoms with E-state index >= 15 is 0 Å². The molecule has 2 saturated heterocycles. The number of nitrogens with one attached hydrogen (secondary N) is 2. The second-order valence-corrected chi connectivity index (χ2v) is 4.37. The summed E-state index contributed by atoms with van der Waals surface area (Å²) in [6, 6.07) is -0.269. The molecule has 2 rings (SSSR count). The standard InChI is InChI=1S/C6H11NO2.C5H9NO2/c8-6(9)5-2-1-3-7-4-5;7-5(8)4-2-1-3-6-4/h5,7H,1-4H2,(H,8,9);4,6H,1-3H2,(H,7,8)/t;4-/m.0/s1. The first kappa shape index (κ1) is 13.9. The Kier molecular flexibility index (Phi) is 5.93. The lowest BCUT2D eigenvalue weighted by molar-refractivity contribution is -0.142. The fourth-order valence-corrected chi connectivity index (χ4v) is 1.96. The van der Waals surface area contributed by atoms with Crippen molar-refractivity contribution in [2.75, 3.05) is 19.6 Å². The Bertz CT molecular complexity index is 258. The minimum absolute atomic E-state index is 0.140. The normalized spacial score (nSPS) is 28.0. The predicted octanol–water partition coefficient (Wildman–Crippen LogP) is -0.106. The lowest BCUT2D eigenvalue weighted by atomic mass is 10.0. The number of rotatable bonds is 2. The van der Waals surface area contributed by atoms with Crippen LogP contribution in [0, 0.1) is 5.92 Å². The van der Waals surface area contributed by atoms with E-state index in [0.717, 1.165) is 38.8 Å². The second kappa shape index (κ2) is 7.24. The Hall–Kier alpha value is -1.14. The van der Waals surface area contributed by atoms with Gasteiger partial charge in [-0.1, -0.05) is 0 Å². The van der Waals surface area contributed by atoms with Gasteiger partial charge in [-0.3, -0.25) is 9.59 Å². The van der Waals surface area contributed by atoms with Gasteiger partial charge in [-0.15, -0.1) is 0 Å². The molecule has 4 N–H and O–H groups in total. The fraction of sp³-hybridized carbons (Fsp3) is 0.818. The van der Waals surface area contributed by atoms with Crippen LogP contribution in [-0.2, 0) is 9.59 Å². The summed E-state index contributed by atoms with van der Waals surface area (Å²) in [7, 11) is 0. The Labute approximate surface area is 100 Å². The third kappa shape index (κ3) is 5.14. The van der Waals surface area contributed by atoms with E-state index in [1.165, 1.54) is 0 Å². The van der Waals surface area contributed by atoms with Gasteiger partial charge in [-0.05, 0) is 38.8 Å². The minimum atomic E-state index is -0.720. The Morgan fingerprint density at radius 1 is 1.00 bits per heavy atom. The van der Waals surface area contributed by atoms with Crippen molar-refractivity contribution in [1.82, 2.24) is 10.6 Å². The lowest BCUT2D eigenvalue weighted by Crippen LogP contribution is -2.34. The summed E-state index contributed by atoms with van der Waals surface area (Å²) in [6.07, 6.45) is 3.62. The van der Waals surface area contributed by atoms with Crippen LogP contribution >= 0.6 is 0 Å². The molecule has 6 nitrogen and oxygen atoms in total. The third-order valence-electron chi connectivity index (χ3n) is 3.00. The molecule has 0 amide bonds. The second-order valence-electron chi connectivity index (χ2n) is 4.37. The maximum Gasteiger partial charge on any atom is 0.320 e. The molecule has 2 aliphatic heterocycles. The fourth-order valence-electron chi connectivity index (χ4n) is 1.96. The van der Waals surface area contributed by atoms with Crippen molar-refractivity contribution >= 4 is 11.9 Å². The molecular formula is C11H20N2O4. The van der Waals surface area contributed by atoms with E-state index in [4.69, 9.17) is 10.2 Å². The molecule has 2 aliphatic rings. The monoisotopic (exact) mass is 244 g/mol. The average molecular weight is 244 g/mol. The number of aliphatic carboxylic acids is 2. The van der Waals surface area contributed by atoms with Gasteiger partial charge in [-0.25, -0.2) is 0 Å². The summed E-state index contributed by atoms with van der Waals surface area (Å²) in [6.45, 7) is 2.48. The lowest BCUT2D eigenvalue weighted by Gasteiger charge is -2.18. The van der Waals surface area contributed by atoms with E-state index in [9.17, 15) is 9.59 Å². The van der Waals surface area contributed by atoms with Gasteiger partial charge in [0.05, 0.1) is 5.92 Å². The zero-order valence-electron chi connectivity index (χ0n) is 9.82. The maximum absolute atomic E-state index is 10.3. The van der Waals surface area contributed by atoms with Gasteiger partial charge in [0.15, 0.2) is 0 Å². The summed E-state index contributed by atoms with van der Waals surface area (Å²) in [4.78, 5) is 20.5. The molecule has 2 fully saturated rings. The van der Waals surface area contributed by atoms with Gasteiger partial charge >= 0.3 is 11.9 Å². The highest BCUT2D eigenvalue weighted by Gasteiger charge is 2.20. The maximum atomic E-state index is 10.3. The minimum Gasteiger partial charge on any atom is -0.481 e. The SMILES string of the molecule is O=C(O)C1CCCNC1.O=C(O)[C@@H]1CCCN1. The quantitative estimate of drug-likeness (QED) is 0.541. The van der Waals surface area contributed by atoms with Crippen molar-refractivity contribution in [3.8, 4) is 0 Å². The van der Waals surface area contributed by atoms with Crippen LogP contribution in [0.2, 0.25) is 0 Å². The van der Waals surface area contributed by atoms with Gasteiger partial charge in [0.1, 0.15) is 6.04 Å². The Morgan fingerprint density at radius 2 is 1.71 bits per heavy atom. The van der Waals surface area contributed by atoms with Gasteiger partial charge < -0.3 is 20.8 Å². The molecule has 1 unspecified atom stereocenters. The molecule has 0 aromatic carbocycles. The molecule has 0 saturated carbocycles. The Morgan fingerprint density at radius 3 is 2.00 bits per heavy atom. The van der Waals surface area contributed by atoms with Crippen LogP contribution in [0.4, 0.5) is 0 Å². The molecule has 17 heavy (non-hydrogen) atoms. The first-order valence-corrected chi connectivity index (χ1v) is 6.01. The molecule has 2 heterocycles. The molecule has 98 valence electrons. The molecule has 0 aromatic rings. The number of hydrogen-bond acceptors (Lipinski definition) is 4. The molecule has 0 radical (unpaired) electrons. The molecule has 2 atom stereocenters. The van der Waals surface area contributed by atoms with E-state index in [1.54, 1.807) is 0 Å². The number of hydrogen-bond donors (Lipinski definition) is 4. The average Bonchev–Trinajstić information content (AvgIpc) is 2.84. The van der Waals surface area contributed by atoms with Crippen molar-refractivity contribution in [2.24, 2.45) is 5.92 Å².